The van der Waals surface area contributed by atoms with Crippen molar-refractivity contribution in [3.05, 3.63) is 59.9 Å². The number of halogens is 1. The number of rotatable bonds is 7. The minimum Gasteiger partial charge on any atom is -0.497 e. The van der Waals surface area contributed by atoms with E-state index in [9.17, 15) is 4.39 Å². The smallest absolute Gasteiger partial charge is 0.232 e. The Morgan fingerprint density at radius 2 is 1.90 bits per heavy atom. The highest BCUT2D eigenvalue weighted by Gasteiger charge is 2.22. The van der Waals surface area contributed by atoms with E-state index in [1.165, 1.54) is 17.7 Å². The average Bonchev–Trinajstić information content (AvgIpc) is 3.19. The normalized spacial score (nSPS) is 14.2. The molecule has 2 aromatic carbocycles. The molecule has 0 aliphatic carbocycles. The van der Waals surface area contributed by atoms with Gasteiger partial charge in [0.2, 0.25) is 5.95 Å². The number of aromatic nitrogens is 3. The van der Waals surface area contributed by atoms with Crippen molar-refractivity contribution < 1.29 is 13.9 Å². The molecule has 0 amide bonds. The molecule has 1 aliphatic heterocycles. The summed E-state index contributed by atoms with van der Waals surface area (Å²) in [4.78, 5) is 2.13. The summed E-state index contributed by atoms with van der Waals surface area (Å²) in [6.45, 7) is 2.78. The van der Waals surface area contributed by atoms with Crippen molar-refractivity contribution in [1.82, 2.24) is 14.8 Å². The maximum absolute atomic E-state index is 13.9. The van der Waals surface area contributed by atoms with Gasteiger partial charge in [-0.2, -0.15) is 0 Å². The van der Waals surface area contributed by atoms with Gasteiger partial charge in [-0.1, -0.05) is 30.0 Å². The van der Waals surface area contributed by atoms with Crippen LogP contribution in [0, 0.1) is 5.82 Å². The Labute approximate surface area is 173 Å². The zero-order valence-corrected chi connectivity index (χ0v) is 17.1. The van der Waals surface area contributed by atoms with Crippen LogP contribution in [0.1, 0.15) is 5.56 Å². The van der Waals surface area contributed by atoms with Gasteiger partial charge in [-0.3, -0.25) is 4.57 Å². The van der Waals surface area contributed by atoms with Crippen molar-refractivity contribution in [2.24, 2.45) is 0 Å². The summed E-state index contributed by atoms with van der Waals surface area (Å²) < 4.78 is 26.5. The summed E-state index contributed by atoms with van der Waals surface area (Å²) in [5.74, 6) is 2.13. The van der Waals surface area contributed by atoms with Crippen LogP contribution in [-0.4, -0.2) is 53.9 Å². The lowest BCUT2D eigenvalue weighted by Gasteiger charge is -2.27. The molecule has 0 spiro atoms. The van der Waals surface area contributed by atoms with Crippen molar-refractivity contribution in [1.29, 1.82) is 0 Å². The van der Waals surface area contributed by atoms with Crippen molar-refractivity contribution in [2.45, 2.75) is 11.6 Å². The molecule has 1 aliphatic rings. The molecule has 0 unspecified atom stereocenters. The predicted molar refractivity (Wildman–Crippen MR) is 112 cm³/mol. The number of aryl methyl sites for hydroxylation is 1. The summed E-state index contributed by atoms with van der Waals surface area (Å²) >= 11 is 1.62. The second-order valence-electron chi connectivity index (χ2n) is 6.64. The van der Waals surface area contributed by atoms with Crippen LogP contribution in [0.4, 0.5) is 10.3 Å². The minimum atomic E-state index is -0.279. The largest absolute Gasteiger partial charge is 0.497 e. The van der Waals surface area contributed by atoms with E-state index in [0.717, 1.165) is 47.8 Å². The highest BCUT2D eigenvalue weighted by molar-refractivity contribution is 7.99. The highest BCUT2D eigenvalue weighted by atomic mass is 32.2. The zero-order chi connectivity index (χ0) is 20.1. The third-order valence-corrected chi connectivity index (χ3v) is 5.69. The van der Waals surface area contributed by atoms with Crippen molar-refractivity contribution in [3.8, 4) is 11.4 Å². The van der Waals surface area contributed by atoms with Crippen LogP contribution < -0.4 is 9.64 Å². The minimum absolute atomic E-state index is 0.279. The molecule has 1 fully saturated rings. The fraction of sp³-hybridized carbons (Fsp3) is 0.333. The molecule has 1 aromatic heterocycles. The highest BCUT2D eigenvalue weighted by Crippen LogP contribution is 2.28. The first-order chi connectivity index (χ1) is 14.2. The van der Waals surface area contributed by atoms with Crippen molar-refractivity contribution in [3.63, 3.8) is 0 Å². The topological polar surface area (TPSA) is 52.4 Å². The lowest BCUT2D eigenvalue weighted by Crippen LogP contribution is -2.37. The molecule has 0 atom stereocenters. The summed E-state index contributed by atoms with van der Waals surface area (Å²) in [6, 6.07) is 14.6. The average molecular weight is 415 g/mol. The van der Waals surface area contributed by atoms with Gasteiger partial charge >= 0.3 is 0 Å². The number of anilines is 1. The monoisotopic (exact) mass is 414 g/mol. The predicted octanol–water partition coefficient (Wildman–Crippen LogP) is 3.59. The zero-order valence-electron chi connectivity index (χ0n) is 16.3. The van der Waals surface area contributed by atoms with Crippen LogP contribution in [0.15, 0.2) is 53.7 Å². The van der Waals surface area contributed by atoms with Gasteiger partial charge in [0.25, 0.3) is 0 Å². The molecule has 1 saturated heterocycles. The molecule has 6 nitrogen and oxygen atoms in total. The Morgan fingerprint density at radius 3 is 2.62 bits per heavy atom. The van der Waals surface area contributed by atoms with E-state index in [2.05, 4.69) is 27.2 Å². The van der Waals surface area contributed by atoms with E-state index >= 15 is 0 Å². The SMILES string of the molecule is COc1ccc(CCSc2nnc(N3CCOCC3)n2-c2cccc(F)c2)cc1. The standard InChI is InChI=1S/C21H23FN4O2S/c1-27-19-7-5-16(6-8-19)9-14-29-21-24-23-20(25-10-12-28-13-11-25)26(21)18-4-2-3-17(22)15-18/h2-8,15H,9-14H2,1H3. The molecule has 0 radical (unpaired) electrons. The maximum Gasteiger partial charge on any atom is 0.232 e. The van der Waals surface area contributed by atoms with E-state index in [1.54, 1.807) is 24.9 Å². The first kappa shape index (κ1) is 19.7. The summed E-state index contributed by atoms with van der Waals surface area (Å²) in [6.07, 6.45) is 0.886. The molecule has 4 rings (SSSR count). The number of ether oxygens (including phenoxy) is 2. The number of hydrogen-bond acceptors (Lipinski definition) is 6. The Balaban J connectivity index is 1.54. The molecule has 2 heterocycles. The Morgan fingerprint density at radius 1 is 1.10 bits per heavy atom. The Hall–Kier alpha value is -2.58. The summed E-state index contributed by atoms with van der Waals surface area (Å²) in [7, 11) is 1.66. The molecule has 0 bridgehead atoms. The van der Waals surface area contributed by atoms with Crippen LogP contribution in [0.3, 0.4) is 0 Å². The lowest BCUT2D eigenvalue weighted by atomic mass is 10.2. The summed E-state index contributed by atoms with van der Waals surface area (Å²) in [5, 5.41) is 9.58. The Bertz CT molecular complexity index is 942. The van der Waals surface area contributed by atoms with E-state index < -0.39 is 0 Å². The van der Waals surface area contributed by atoms with Crippen molar-refractivity contribution >= 4 is 17.7 Å². The number of morpholine rings is 1. The van der Waals surface area contributed by atoms with Crippen LogP contribution in [0.2, 0.25) is 0 Å². The van der Waals surface area contributed by atoms with Gasteiger partial charge in [-0.15, -0.1) is 10.2 Å². The van der Waals surface area contributed by atoms with Crippen LogP contribution >= 0.6 is 11.8 Å². The number of thioether (sulfide) groups is 1. The number of nitrogens with zero attached hydrogens (tertiary/aromatic N) is 4. The van der Waals surface area contributed by atoms with Gasteiger partial charge in [0.05, 0.1) is 26.0 Å². The summed E-state index contributed by atoms with van der Waals surface area (Å²) in [5.41, 5.74) is 1.95. The third-order valence-electron chi connectivity index (χ3n) is 4.76. The van der Waals surface area contributed by atoms with Gasteiger partial charge in [-0.05, 0) is 42.3 Å². The molecule has 3 aromatic rings. The van der Waals surface area contributed by atoms with Gasteiger partial charge in [0.1, 0.15) is 11.6 Å². The molecule has 0 N–H and O–H groups in total. The van der Waals surface area contributed by atoms with Crippen LogP contribution in [0.5, 0.6) is 5.75 Å². The molecule has 0 saturated carbocycles. The quantitative estimate of drug-likeness (QED) is 0.551. The second kappa shape index (κ2) is 9.28. The van der Waals surface area contributed by atoms with Crippen LogP contribution in [0.25, 0.3) is 5.69 Å². The molecular formula is C21H23FN4O2S. The van der Waals surface area contributed by atoms with Crippen LogP contribution in [-0.2, 0) is 11.2 Å². The van der Waals surface area contributed by atoms with E-state index in [1.807, 2.05) is 22.8 Å². The maximum atomic E-state index is 13.9. The molecular weight excluding hydrogens is 391 g/mol. The molecule has 8 heteroatoms. The second-order valence-corrected chi connectivity index (χ2v) is 7.71. The van der Waals surface area contributed by atoms with E-state index in [0.29, 0.717) is 13.2 Å². The number of methoxy groups -OCH3 is 1. The lowest BCUT2D eigenvalue weighted by molar-refractivity contribution is 0.122. The van der Waals surface area contributed by atoms with Gasteiger partial charge in [0, 0.05) is 18.8 Å². The fourth-order valence-corrected chi connectivity index (χ4v) is 4.15. The van der Waals surface area contributed by atoms with Gasteiger partial charge in [-0.25, -0.2) is 4.39 Å². The van der Waals surface area contributed by atoms with E-state index in [-0.39, 0.29) is 5.82 Å². The first-order valence-corrected chi connectivity index (χ1v) is 10.5. The molecule has 152 valence electrons. The fourth-order valence-electron chi connectivity index (χ4n) is 3.22. The number of benzene rings is 2. The van der Waals surface area contributed by atoms with Gasteiger partial charge < -0.3 is 14.4 Å². The van der Waals surface area contributed by atoms with Gasteiger partial charge in [0.15, 0.2) is 5.16 Å². The molecule has 29 heavy (non-hydrogen) atoms. The van der Waals surface area contributed by atoms with E-state index in [4.69, 9.17) is 9.47 Å². The Kier molecular flexibility index (Phi) is 6.31. The first-order valence-electron chi connectivity index (χ1n) is 9.54. The number of hydrogen-bond donors (Lipinski definition) is 0. The van der Waals surface area contributed by atoms with Crippen molar-refractivity contribution in [2.75, 3.05) is 44.1 Å². The third kappa shape index (κ3) is 4.71.